The lowest BCUT2D eigenvalue weighted by atomic mass is 10.1. The van der Waals surface area contributed by atoms with Crippen LogP contribution in [0.5, 0.6) is 0 Å². The summed E-state index contributed by atoms with van der Waals surface area (Å²) >= 11 is 1.62. The molecule has 3 heterocycles. The van der Waals surface area contributed by atoms with Gasteiger partial charge in [0.15, 0.2) is 5.82 Å². The van der Waals surface area contributed by atoms with Gasteiger partial charge in [0.2, 0.25) is 0 Å². The molecule has 0 fully saturated rings. The number of rotatable bonds is 4. The number of nitrogens with one attached hydrogen (secondary N) is 1. The molecule has 0 saturated carbocycles. The number of thiophene rings is 1. The van der Waals surface area contributed by atoms with Crippen LogP contribution in [0.2, 0.25) is 0 Å². The van der Waals surface area contributed by atoms with Gasteiger partial charge in [0, 0.05) is 29.8 Å². The van der Waals surface area contributed by atoms with Crippen molar-refractivity contribution in [3.05, 3.63) is 33.0 Å². The Morgan fingerprint density at radius 1 is 1.55 bits per heavy atom. The van der Waals surface area contributed by atoms with Crippen LogP contribution in [0.15, 0.2) is 5.38 Å². The van der Waals surface area contributed by atoms with Crippen LogP contribution >= 0.6 is 11.3 Å². The highest BCUT2D eigenvalue weighted by Gasteiger charge is 2.24. The maximum atomic E-state index is 12.4. The first-order chi connectivity index (χ1) is 10.6. The number of hydrogen-bond donors (Lipinski definition) is 1. The molecular weight excluding hydrogens is 300 g/mol. The SMILES string of the molecule is COCc1nc2n(n1)C[C@H](NC(=O)c1csc(C)c1C)CC2. The molecule has 22 heavy (non-hydrogen) atoms. The number of methoxy groups -OCH3 is 1. The maximum absolute atomic E-state index is 12.4. The highest BCUT2D eigenvalue weighted by molar-refractivity contribution is 7.10. The number of fused-ring (bicyclic) bond motifs is 1. The molecule has 1 N–H and O–H groups in total. The first-order valence-corrected chi connectivity index (χ1v) is 8.23. The Bertz CT molecular complexity index is 692. The minimum atomic E-state index is 0.00697. The molecule has 0 saturated heterocycles. The Morgan fingerprint density at radius 2 is 2.36 bits per heavy atom. The number of ether oxygens (including phenoxy) is 1. The molecule has 1 aliphatic heterocycles. The molecule has 1 atom stereocenters. The zero-order valence-corrected chi connectivity index (χ0v) is 13.9. The fraction of sp³-hybridized carbons (Fsp3) is 0.533. The van der Waals surface area contributed by atoms with E-state index in [1.54, 1.807) is 18.4 Å². The lowest BCUT2D eigenvalue weighted by Crippen LogP contribution is -2.41. The van der Waals surface area contributed by atoms with E-state index in [9.17, 15) is 4.79 Å². The van der Waals surface area contributed by atoms with Gasteiger partial charge in [-0.1, -0.05) is 0 Å². The summed E-state index contributed by atoms with van der Waals surface area (Å²) in [4.78, 5) is 18.0. The fourth-order valence-electron chi connectivity index (χ4n) is 2.67. The molecule has 0 aromatic carbocycles. The summed E-state index contributed by atoms with van der Waals surface area (Å²) in [7, 11) is 1.63. The van der Waals surface area contributed by atoms with E-state index in [1.807, 2.05) is 23.9 Å². The van der Waals surface area contributed by atoms with Crippen LogP contribution in [0.25, 0.3) is 0 Å². The quantitative estimate of drug-likeness (QED) is 0.933. The lowest BCUT2D eigenvalue weighted by molar-refractivity contribution is 0.0926. The lowest BCUT2D eigenvalue weighted by Gasteiger charge is -2.23. The fourth-order valence-corrected chi connectivity index (χ4v) is 3.53. The van der Waals surface area contributed by atoms with E-state index in [0.29, 0.717) is 19.0 Å². The Labute approximate surface area is 133 Å². The van der Waals surface area contributed by atoms with Crippen molar-refractivity contribution in [2.45, 2.75) is 45.9 Å². The van der Waals surface area contributed by atoms with E-state index >= 15 is 0 Å². The van der Waals surface area contributed by atoms with Crippen molar-refractivity contribution >= 4 is 17.2 Å². The number of amides is 1. The predicted octanol–water partition coefficient (Wildman–Crippen LogP) is 1.85. The topological polar surface area (TPSA) is 69.0 Å². The van der Waals surface area contributed by atoms with Crippen LogP contribution in [0.3, 0.4) is 0 Å². The van der Waals surface area contributed by atoms with Crippen molar-refractivity contribution in [2.75, 3.05) is 7.11 Å². The second kappa shape index (κ2) is 6.18. The molecule has 1 aliphatic rings. The largest absolute Gasteiger partial charge is 0.377 e. The van der Waals surface area contributed by atoms with E-state index < -0.39 is 0 Å². The van der Waals surface area contributed by atoms with Crippen molar-refractivity contribution in [1.82, 2.24) is 20.1 Å². The molecule has 2 aromatic heterocycles. The molecule has 1 amide bonds. The van der Waals surface area contributed by atoms with E-state index in [1.165, 1.54) is 4.88 Å². The summed E-state index contributed by atoms with van der Waals surface area (Å²) in [5, 5.41) is 9.47. The zero-order chi connectivity index (χ0) is 15.7. The Balaban J connectivity index is 1.67. The van der Waals surface area contributed by atoms with E-state index in [0.717, 1.165) is 29.8 Å². The van der Waals surface area contributed by atoms with Gasteiger partial charge in [0.1, 0.15) is 12.4 Å². The summed E-state index contributed by atoms with van der Waals surface area (Å²) in [6.07, 6.45) is 1.71. The van der Waals surface area contributed by atoms with Crippen molar-refractivity contribution in [3.63, 3.8) is 0 Å². The Kier molecular flexibility index (Phi) is 4.26. The van der Waals surface area contributed by atoms with Gasteiger partial charge in [-0.05, 0) is 25.8 Å². The van der Waals surface area contributed by atoms with Crippen molar-refractivity contribution in [3.8, 4) is 0 Å². The maximum Gasteiger partial charge on any atom is 0.252 e. The smallest absolute Gasteiger partial charge is 0.252 e. The summed E-state index contributed by atoms with van der Waals surface area (Å²) in [5.74, 6) is 1.68. The predicted molar refractivity (Wildman–Crippen MR) is 84.1 cm³/mol. The minimum absolute atomic E-state index is 0.00697. The molecule has 0 aliphatic carbocycles. The van der Waals surface area contributed by atoms with Crippen LogP contribution in [0.4, 0.5) is 0 Å². The molecule has 3 rings (SSSR count). The second-order valence-electron chi connectivity index (χ2n) is 5.60. The Morgan fingerprint density at radius 3 is 3.05 bits per heavy atom. The normalized spacial score (nSPS) is 17.3. The standard InChI is InChI=1S/C15H20N4O2S/c1-9-10(2)22-8-12(9)15(20)16-11-4-5-14-17-13(7-21-3)18-19(14)6-11/h8,11H,4-7H2,1-3H3,(H,16,20)/t11-/m1/s1. The molecule has 0 unspecified atom stereocenters. The number of aromatic nitrogens is 3. The molecule has 0 bridgehead atoms. The summed E-state index contributed by atoms with van der Waals surface area (Å²) in [5.41, 5.74) is 1.86. The molecular formula is C15H20N4O2S. The Hall–Kier alpha value is -1.73. The van der Waals surface area contributed by atoms with Gasteiger partial charge in [0.25, 0.3) is 5.91 Å². The molecule has 0 spiro atoms. The number of nitrogens with zero attached hydrogens (tertiary/aromatic N) is 3. The monoisotopic (exact) mass is 320 g/mol. The first kappa shape index (κ1) is 15.2. The van der Waals surface area contributed by atoms with Crippen molar-refractivity contribution < 1.29 is 9.53 Å². The average molecular weight is 320 g/mol. The zero-order valence-electron chi connectivity index (χ0n) is 13.0. The van der Waals surface area contributed by atoms with Crippen molar-refractivity contribution in [2.24, 2.45) is 0 Å². The number of carbonyl (C=O) groups is 1. The molecule has 7 heteroatoms. The molecule has 6 nitrogen and oxygen atoms in total. The summed E-state index contributed by atoms with van der Waals surface area (Å²) < 4.78 is 6.95. The second-order valence-corrected chi connectivity index (χ2v) is 6.68. The minimum Gasteiger partial charge on any atom is -0.377 e. The van der Waals surface area contributed by atoms with Crippen LogP contribution < -0.4 is 5.32 Å². The van der Waals surface area contributed by atoms with Crippen LogP contribution in [0, 0.1) is 13.8 Å². The van der Waals surface area contributed by atoms with Gasteiger partial charge in [-0.15, -0.1) is 11.3 Å². The van der Waals surface area contributed by atoms with E-state index in [-0.39, 0.29) is 11.9 Å². The van der Waals surface area contributed by atoms with E-state index in [4.69, 9.17) is 4.74 Å². The third kappa shape index (κ3) is 2.91. The number of aryl methyl sites for hydroxylation is 2. The van der Waals surface area contributed by atoms with Gasteiger partial charge in [-0.2, -0.15) is 5.10 Å². The van der Waals surface area contributed by atoms with Crippen LogP contribution in [0.1, 0.15) is 38.9 Å². The number of carbonyl (C=O) groups excluding carboxylic acids is 1. The number of hydrogen-bond acceptors (Lipinski definition) is 5. The van der Waals surface area contributed by atoms with Gasteiger partial charge in [0.05, 0.1) is 12.1 Å². The first-order valence-electron chi connectivity index (χ1n) is 7.35. The van der Waals surface area contributed by atoms with Gasteiger partial charge in [-0.25, -0.2) is 9.67 Å². The van der Waals surface area contributed by atoms with Crippen molar-refractivity contribution in [1.29, 1.82) is 0 Å². The van der Waals surface area contributed by atoms with E-state index in [2.05, 4.69) is 15.4 Å². The average Bonchev–Trinajstić information content (AvgIpc) is 3.03. The highest BCUT2D eigenvalue weighted by Crippen LogP contribution is 2.21. The van der Waals surface area contributed by atoms with Crippen LogP contribution in [-0.4, -0.2) is 33.8 Å². The molecule has 118 valence electrons. The van der Waals surface area contributed by atoms with Gasteiger partial charge >= 0.3 is 0 Å². The highest BCUT2D eigenvalue weighted by atomic mass is 32.1. The van der Waals surface area contributed by atoms with Crippen LogP contribution in [-0.2, 0) is 24.3 Å². The summed E-state index contributed by atoms with van der Waals surface area (Å²) in [6, 6.07) is 0.0942. The molecule has 2 aromatic rings. The summed E-state index contributed by atoms with van der Waals surface area (Å²) in [6.45, 7) is 5.12. The molecule has 0 radical (unpaired) electrons. The third-order valence-corrected chi connectivity index (χ3v) is 5.05. The third-order valence-electron chi connectivity index (χ3n) is 4.04. The van der Waals surface area contributed by atoms with Gasteiger partial charge in [-0.3, -0.25) is 4.79 Å². The van der Waals surface area contributed by atoms with Gasteiger partial charge < -0.3 is 10.1 Å².